The molecule has 4 nitrogen and oxygen atoms in total. The molecule has 1 rings (SSSR count). The molecule has 0 bridgehead atoms. The van der Waals surface area contributed by atoms with Crippen LogP contribution in [0.15, 0.2) is 18.2 Å². The lowest BCUT2D eigenvalue weighted by atomic mass is 9.85. The summed E-state index contributed by atoms with van der Waals surface area (Å²) < 4.78 is 10.3. The van der Waals surface area contributed by atoms with Crippen molar-refractivity contribution in [2.45, 2.75) is 26.2 Å². The maximum Gasteiger partial charge on any atom is 0.342 e. The van der Waals surface area contributed by atoms with E-state index >= 15 is 0 Å². The fraction of sp³-hybridized carbons (Fsp3) is 0.500. The first-order valence-corrected chi connectivity index (χ1v) is 5.87. The second kappa shape index (κ2) is 5.87. The van der Waals surface area contributed by atoms with Gasteiger partial charge in [0.25, 0.3) is 0 Å². The van der Waals surface area contributed by atoms with Crippen LogP contribution in [-0.4, -0.2) is 31.4 Å². The lowest BCUT2D eigenvalue weighted by Gasteiger charge is -2.23. The Hall–Kier alpha value is -1.55. The molecule has 100 valence electrons. The third kappa shape index (κ3) is 3.23. The first-order valence-electron chi connectivity index (χ1n) is 5.87. The molecule has 0 aliphatic heterocycles. The van der Waals surface area contributed by atoms with Gasteiger partial charge in [-0.15, -0.1) is 0 Å². The quantitative estimate of drug-likeness (QED) is 0.834. The van der Waals surface area contributed by atoms with E-state index in [0.29, 0.717) is 11.3 Å². The zero-order valence-electron chi connectivity index (χ0n) is 11.3. The smallest absolute Gasteiger partial charge is 0.342 e. The maximum atomic E-state index is 11.8. The van der Waals surface area contributed by atoms with E-state index in [1.165, 1.54) is 7.11 Å². The molecular weight excluding hydrogens is 232 g/mol. The number of hydrogen-bond acceptors (Lipinski definition) is 4. The van der Waals surface area contributed by atoms with E-state index in [1.54, 1.807) is 12.1 Å². The highest BCUT2D eigenvalue weighted by molar-refractivity contribution is 5.93. The van der Waals surface area contributed by atoms with E-state index in [-0.39, 0.29) is 18.6 Å². The molecule has 0 aliphatic rings. The number of rotatable bonds is 4. The van der Waals surface area contributed by atoms with E-state index in [4.69, 9.17) is 14.6 Å². The Morgan fingerprint density at radius 3 is 2.50 bits per heavy atom. The number of aliphatic hydroxyl groups excluding tert-OH is 1. The van der Waals surface area contributed by atoms with E-state index in [2.05, 4.69) is 0 Å². The predicted molar refractivity (Wildman–Crippen MR) is 69.1 cm³/mol. The number of benzene rings is 1. The van der Waals surface area contributed by atoms with Crippen LogP contribution in [0.5, 0.6) is 5.75 Å². The molecule has 4 heteroatoms. The molecule has 18 heavy (non-hydrogen) atoms. The number of esters is 1. The second-order valence-electron chi connectivity index (χ2n) is 5.00. The van der Waals surface area contributed by atoms with Crippen molar-refractivity contribution < 1.29 is 19.4 Å². The molecule has 1 aromatic rings. The monoisotopic (exact) mass is 252 g/mol. The summed E-state index contributed by atoms with van der Waals surface area (Å²) >= 11 is 0. The minimum atomic E-state index is -0.480. The van der Waals surface area contributed by atoms with Crippen LogP contribution >= 0.6 is 0 Å². The molecule has 0 heterocycles. The third-order valence-electron chi connectivity index (χ3n) is 2.57. The van der Waals surface area contributed by atoms with Crippen molar-refractivity contribution in [2.24, 2.45) is 0 Å². The van der Waals surface area contributed by atoms with Crippen molar-refractivity contribution in [1.82, 2.24) is 0 Å². The lowest BCUT2D eigenvalue weighted by molar-refractivity contribution is 0.0430. The molecule has 0 aromatic heterocycles. The average Bonchev–Trinajstić information content (AvgIpc) is 2.33. The van der Waals surface area contributed by atoms with Crippen molar-refractivity contribution in [3.8, 4) is 5.75 Å². The summed E-state index contributed by atoms with van der Waals surface area (Å²) in [6.45, 7) is 5.95. The molecule has 0 spiro atoms. The van der Waals surface area contributed by atoms with Crippen LogP contribution in [0.4, 0.5) is 0 Å². The van der Waals surface area contributed by atoms with Crippen molar-refractivity contribution in [2.75, 3.05) is 20.3 Å². The Kier molecular flexibility index (Phi) is 4.73. The molecule has 1 aromatic carbocycles. The number of hydrogen-bond donors (Lipinski definition) is 1. The van der Waals surface area contributed by atoms with Crippen LogP contribution < -0.4 is 4.74 Å². The van der Waals surface area contributed by atoms with Gasteiger partial charge in [0.2, 0.25) is 0 Å². The summed E-state index contributed by atoms with van der Waals surface area (Å²) in [5, 5.41) is 8.66. The number of aliphatic hydroxyl groups is 1. The highest BCUT2D eigenvalue weighted by Gasteiger charge is 2.23. The predicted octanol–water partition coefficient (Wildman–Crippen LogP) is 2.14. The molecule has 1 N–H and O–H groups in total. The van der Waals surface area contributed by atoms with E-state index in [0.717, 1.165) is 5.56 Å². The number of para-hydroxylation sites is 1. The normalized spacial score (nSPS) is 11.2. The van der Waals surface area contributed by atoms with Gasteiger partial charge in [-0.2, -0.15) is 0 Å². The van der Waals surface area contributed by atoms with E-state index in [1.807, 2.05) is 26.8 Å². The molecule has 0 fully saturated rings. The Bertz CT molecular complexity index is 418. The third-order valence-corrected chi connectivity index (χ3v) is 2.57. The number of carbonyl (C=O) groups excluding carboxylic acids is 1. The summed E-state index contributed by atoms with van der Waals surface area (Å²) in [6, 6.07) is 5.40. The van der Waals surface area contributed by atoms with Gasteiger partial charge < -0.3 is 14.6 Å². The van der Waals surface area contributed by atoms with E-state index < -0.39 is 5.97 Å². The fourth-order valence-corrected chi connectivity index (χ4v) is 1.72. The van der Waals surface area contributed by atoms with Gasteiger partial charge in [0.05, 0.1) is 13.7 Å². The number of ether oxygens (including phenoxy) is 2. The molecule has 0 aliphatic carbocycles. The summed E-state index contributed by atoms with van der Waals surface area (Å²) in [4.78, 5) is 11.8. The SMILES string of the molecule is COc1c(C(=O)OCCO)cccc1C(C)(C)C. The lowest BCUT2D eigenvalue weighted by Crippen LogP contribution is -2.16. The second-order valence-corrected chi connectivity index (χ2v) is 5.00. The molecular formula is C14H20O4. The largest absolute Gasteiger partial charge is 0.496 e. The number of carbonyl (C=O) groups is 1. The van der Waals surface area contributed by atoms with Crippen LogP contribution in [-0.2, 0) is 10.2 Å². The molecule has 0 saturated heterocycles. The van der Waals surface area contributed by atoms with Crippen molar-refractivity contribution >= 4 is 5.97 Å². The van der Waals surface area contributed by atoms with Gasteiger partial charge in [0.15, 0.2) is 0 Å². The Balaban J connectivity index is 3.17. The molecule has 0 unspecified atom stereocenters. The Morgan fingerprint density at radius 1 is 1.33 bits per heavy atom. The molecule has 0 saturated carbocycles. The summed E-state index contributed by atoms with van der Waals surface area (Å²) in [7, 11) is 1.54. The van der Waals surface area contributed by atoms with Gasteiger partial charge in [-0.25, -0.2) is 4.79 Å². The molecule has 0 atom stereocenters. The highest BCUT2D eigenvalue weighted by Crippen LogP contribution is 2.34. The maximum absolute atomic E-state index is 11.8. The van der Waals surface area contributed by atoms with Crippen LogP contribution in [0.1, 0.15) is 36.7 Å². The fourth-order valence-electron chi connectivity index (χ4n) is 1.72. The topological polar surface area (TPSA) is 55.8 Å². The first kappa shape index (κ1) is 14.5. The average molecular weight is 252 g/mol. The Morgan fingerprint density at radius 2 is 2.00 bits per heavy atom. The van der Waals surface area contributed by atoms with Gasteiger partial charge in [0, 0.05) is 5.56 Å². The van der Waals surface area contributed by atoms with Crippen LogP contribution in [0.2, 0.25) is 0 Å². The molecule has 0 radical (unpaired) electrons. The minimum absolute atomic E-state index is 0.0122. The van der Waals surface area contributed by atoms with Crippen molar-refractivity contribution in [1.29, 1.82) is 0 Å². The Labute approximate surface area is 108 Å². The molecule has 0 amide bonds. The summed E-state index contributed by atoms with van der Waals surface area (Å²) in [5.74, 6) is 0.0555. The van der Waals surface area contributed by atoms with Crippen LogP contribution in [0.3, 0.4) is 0 Å². The van der Waals surface area contributed by atoms with Gasteiger partial charge in [-0.05, 0) is 11.5 Å². The van der Waals surface area contributed by atoms with Gasteiger partial charge in [-0.3, -0.25) is 0 Å². The highest BCUT2D eigenvalue weighted by atomic mass is 16.5. The van der Waals surface area contributed by atoms with E-state index in [9.17, 15) is 4.79 Å². The summed E-state index contributed by atoms with van der Waals surface area (Å²) in [6.07, 6.45) is 0. The van der Waals surface area contributed by atoms with Crippen LogP contribution in [0, 0.1) is 0 Å². The van der Waals surface area contributed by atoms with Crippen molar-refractivity contribution in [3.63, 3.8) is 0 Å². The minimum Gasteiger partial charge on any atom is -0.496 e. The van der Waals surface area contributed by atoms with Crippen LogP contribution in [0.25, 0.3) is 0 Å². The van der Waals surface area contributed by atoms with Crippen molar-refractivity contribution in [3.05, 3.63) is 29.3 Å². The zero-order valence-corrected chi connectivity index (χ0v) is 11.3. The van der Waals surface area contributed by atoms with Gasteiger partial charge in [-0.1, -0.05) is 32.9 Å². The first-order chi connectivity index (χ1) is 8.41. The van der Waals surface area contributed by atoms with Gasteiger partial charge >= 0.3 is 5.97 Å². The number of methoxy groups -OCH3 is 1. The zero-order chi connectivity index (χ0) is 13.8. The standard InChI is InChI=1S/C14H20O4/c1-14(2,3)11-7-5-6-10(12(11)17-4)13(16)18-9-8-15/h5-7,15H,8-9H2,1-4H3. The van der Waals surface area contributed by atoms with Gasteiger partial charge in [0.1, 0.15) is 17.9 Å². The summed E-state index contributed by atoms with van der Waals surface area (Å²) in [5.41, 5.74) is 1.21.